The Labute approximate surface area is 308 Å². The van der Waals surface area contributed by atoms with Gasteiger partial charge in [-0.25, -0.2) is 4.79 Å². The Bertz CT molecular complexity index is 2210. The molecule has 2 heterocycles. The molecule has 0 saturated carbocycles. The van der Waals surface area contributed by atoms with Crippen molar-refractivity contribution in [3.63, 3.8) is 0 Å². The second-order valence-corrected chi connectivity index (χ2v) is 13.5. The molecule has 0 aliphatic rings. The maximum atomic E-state index is 14.1. The molecule has 0 aliphatic carbocycles. The summed E-state index contributed by atoms with van der Waals surface area (Å²) in [5.41, 5.74) is 4.40. The van der Waals surface area contributed by atoms with Gasteiger partial charge in [-0.2, -0.15) is 0 Å². The smallest absolute Gasteiger partial charge is 0.341 e. The molecule has 3 amide bonds. The standard InChI is InChI=1S/C41H33N3O6S2/c1-26-18-20-27(21-19-26)33-25-51-40(35(33)41(48)49-2)44-39(47)36(28-11-5-3-6-12-28)52-32-17-9-15-30(23-32)42-38(46)34(24-31-16-10-22-50-31)43-37(45)29-13-7-4-8-14-29/h3-25,36H,1-2H3,(H,42,46)(H,43,45)(H,44,47)/b34-24-. The number of amides is 3. The van der Waals surface area contributed by atoms with Crippen LogP contribution in [-0.4, -0.2) is 30.8 Å². The highest BCUT2D eigenvalue weighted by Gasteiger charge is 2.27. The van der Waals surface area contributed by atoms with Crippen molar-refractivity contribution >= 4 is 63.6 Å². The van der Waals surface area contributed by atoms with E-state index in [0.29, 0.717) is 32.5 Å². The highest BCUT2D eigenvalue weighted by Crippen LogP contribution is 2.40. The molecule has 9 nitrogen and oxygen atoms in total. The minimum absolute atomic E-state index is 0.0224. The van der Waals surface area contributed by atoms with Crippen LogP contribution >= 0.6 is 23.1 Å². The third kappa shape index (κ3) is 8.76. The number of carbonyl (C=O) groups excluding carboxylic acids is 4. The molecule has 0 radical (unpaired) electrons. The fourth-order valence-corrected chi connectivity index (χ4v) is 7.26. The van der Waals surface area contributed by atoms with E-state index < -0.39 is 23.0 Å². The summed E-state index contributed by atoms with van der Waals surface area (Å²) in [6, 6.07) is 36.0. The van der Waals surface area contributed by atoms with Gasteiger partial charge in [-0.3, -0.25) is 14.4 Å². The van der Waals surface area contributed by atoms with Crippen LogP contribution in [0.1, 0.15) is 42.9 Å². The van der Waals surface area contributed by atoms with Crippen LogP contribution in [0.2, 0.25) is 0 Å². The van der Waals surface area contributed by atoms with Gasteiger partial charge in [0.2, 0.25) is 5.91 Å². The van der Waals surface area contributed by atoms with Crippen LogP contribution in [0.25, 0.3) is 17.2 Å². The molecule has 52 heavy (non-hydrogen) atoms. The highest BCUT2D eigenvalue weighted by atomic mass is 32.2. The van der Waals surface area contributed by atoms with E-state index >= 15 is 0 Å². The molecule has 6 rings (SSSR count). The molecule has 0 bridgehead atoms. The van der Waals surface area contributed by atoms with E-state index in [4.69, 9.17) is 9.15 Å². The SMILES string of the molecule is COC(=O)c1c(-c2ccc(C)cc2)csc1NC(=O)C(Sc1cccc(NC(=O)/C(=C/c2ccco2)NC(=O)c2ccccc2)c1)c1ccccc1. The molecule has 260 valence electrons. The molecular weight excluding hydrogens is 695 g/mol. The molecule has 2 aromatic heterocycles. The molecule has 0 aliphatic heterocycles. The monoisotopic (exact) mass is 727 g/mol. The molecule has 11 heteroatoms. The number of thioether (sulfide) groups is 1. The van der Waals surface area contributed by atoms with E-state index in [2.05, 4.69) is 16.0 Å². The number of hydrogen-bond donors (Lipinski definition) is 3. The topological polar surface area (TPSA) is 127 Å². The van der Waals surface area contributed by atoms with Crippen LogP contribution < -0.4 is 16.0 Å². The molecule has 3 N–H and O–H groups in total. The molecule has 4 aromatic carbocycles. The Morgan fingerprint density at radius 2 is 1.56 bits per heavy atom. The molecular formula is C41H33N3O6S2. The summed E-state index contributed by atoms with van der Waals surface area (Å²) < 4.78 is 10.5. The first-order valence-electron chi connectivity index (χ1n) is 16.1. The highest BCUT2D eigenvalue weighted by molar-refractivity contribution is 8.00. The quantitative estimate of drug-likeness (QED) is 0.0653. The van der Waals surface area contributed by atoms with E-state index in [1.165, 1.54) is 42.5 Å². The first kappa shape index (κ1) is 35.6. The van der Waals surface area contributed by atoms with Gasteiger partial charge in [0.1, 0.15) is 27.3 Å². The van der Waals surface area contributed by atoms with Crippen LogP contribution in [0, 0.1) is 6.92 Å². The van der Waals surface area contributed by atoms with Crippen LogP contribution in [0.4, 0.5) is 10.7 Å². The van der Waals surface area contributed by atoms with Crippen molar-refractivity contribution in [1.29, 1.82) is 0 Å². The van der Waals surface area contributed by atoms with Crippen molar-refractivity contribution in [1.82, 2.24) is 5.32 Å². The van der Waals surface area contributed by atoms with Gasteiger partial charge in [-0.1, -0.05) is 84.4 Å². The maximum absolute atomic E-state index is 14.1. The molecule has 6 aromatic rings. The Morgan fingerprint density at radius 3 is 2.25 bits per heavy atom. The van der Waals surface area contributed by atoms with Crippen molar-refractivity contribution in [2.75, 3.05) is 17.7 Å². The van der Waals surface area contributed by atoms with Crippen LogP contribution in [0.5, 0.6) is 0 Å². The third-order valence-electron chi connectivity index (χ3n) is 7.82. The zero-order valence-electron chi connectivity index (χ0n) is 28.1. The number of benzene rings is 4. The number of anilines is 2. The van der Waals surface area contributed by atoms with Crippen molar-refractivity contribution < 1.29 is 28.3 Å². The Morgan fingerprint density at radius 1 is 0.827 bits per heavy atom. The van der Waals surface area contributed by atoms with Crippen molar-refractivity contribution in [2.45, 2.75) is 17.1 Å². The Kier molecular flexibility index (Phi) is 11.4. The summed E-state index contributed by atoms with van der Waals surface area (Å²) in [6.45, 7) is 1.98. The summed E-state index contributed by atoms with van der Waals surface area (Å²) in [5.74, 6) is -1.55. The number of carbonyl (C=O) groups is 4. The number of thiophene rings is 1. The number of nitrogens with one attached hydrogen (secondary N) is 3. The van der Waals surface area contributed by atoms with Gasteiger partial charge >= 0.3 is 5.97 Å². The van der Waals surface area contributed by atoms with Crippen LogP contribution in [0.3, 0.4) is 0 Å². The minimum atomic E-state index is -0.734. The summed E-state index contributed by atoms with van der Waals surface area (Å²) in [4.78, 5) is 54.3. The predicted molar refractivity (Wildman–Crippen MR) is 205 cm³/mol. The summed E-state index contributed by atoms with van der Waals surface area (Å²) in [7, 11) is 1.31. The van der Waals surface area contributed by atoms with Gasteiger partial charge < -0.3 is 25.1 Å². The third-order valence-corrected chi connectivity index (χ3v) is 9.97. The zero-order valence-corrected chi connectivity index (χ0v) is 29.8. The summed E-state index contributed by atoms with van der Waals surface area (Å²) in [5, 5.41) is 10.0. The summed E-state index contributed by atoms with van der Waals surface area (Å²) in [6.07, 6.45) is 2.92. The second kappa shape index (κ2) is 16.7. The number of rotatable bonds is 12. The number of aryl methyl sites for hydroxylation is 1. The molecule has 1 atom stereocenters. The van der Waals surface area contributed by atoms with Gasteiger partial charge in [-0.05, 0) is 60.5 Å². The molecule has 0 saturated heterocycles. The van der Waals surface area contributed by atoms with Crippen molar-refractivity contribution in [3.05, 3.63) is 167 Å². The molecule has 1 unspecified atom stereocenters. The van der Waals surface area contributed by atoms with Gasteiger partial charge in [-0.15, -0.1) is 23.1 Å². The first-order valence-corrected chi connectivity index (χ1v) is 17.9. The largest absolute Gasteiger partial charge is 0.465 e. The van der Waals surface area contributed by atoms with Gasteiger partial charge in [0, 0.05) is 33.2 Å². The first-order chi connectivity index (χ1) is 25.3. The number of hydrogen-bond acceptors (Lipinski definition) is 8. The average Bonchev–Trinajstić information content (AvgIpc) is 3.84. The normalized spacial score (nSPS) is 11.7. The Balaban J connectivity index is 1.24. The van der Waals surface area contributed by atoms with E-state index in [9.17, 15) is 19.2 Å². The van der Waals surface area contributed by atoms with Crippen molar-refractivity contribution in [3.8, 4) is 11.1 Å². The second-order valence-electron chi connectivity index (χ2n) is 11.5. The fraction of sp³-hybridized carbons (Fsp3) is 0.0732. The fourth-order valence-electron chi connectivity index (χ4n) is 5.22. The lowest BCUT2D eigenvalue weighted by Gasteiger charge is -2.18. The Hall–Kier alpha value is -6.17. The maximum Gasteiger partial charge on any atom is 0.341 e. The van der Waals surface area contributed by atoms with Crippen LogP contribution in [-0.2, 0) is 14.3 Å². The lowest BCUT2D eigenvalue weighted by molar-refractivity contribution is -0.116. The van der Waals surface area contributed by atoms with Crippen molar-refractivity contribution in [2.24, 2.45) is 0 Å². The van der Waals surface area contributed by atoms with E-state index in [-0.39, 0.29) is 17.2 Å². The molecule has 0 fully saturated rings. The van der Waals surface area contributed by atoms with E-state index in [0.717, 1.165) is 16.7 Å². The number of ether oxygens (including phenoxy) is 1. The van der Waals surface area contributed by atoms with Gasteiger partial charge in [0.25, 0.3) is 11.8 Å². The lowest BCUT2D eigenvalue weighted by atomic mass is 10.0. The lowest BCUT2D eigenvalue weighted by Crippen LogP contribution is -2.30. The number of furan rings is 1. The number of esters is 1. The molecule has 0 spiro atoms. The average molecular weight is 728 g/mol. The van der Waals surface area contributed by atoms with Gasteiger partial charge in [0.05, 0.1) is 13.4 Å². The van der Waals surface area contributed by atoms with E-state index in [1.807, 2.05) is 73.0 Å². The zero-order chi connectivity index (χ0) is 36.5. The summed E-state index contributed by atoms with van der Waals surface area (Å²) >= 11 is 2.53. The predicted octanol–water partition coefficient (Wildman–Crippen LogP) is 8.98. The van der Waals surface area contributed by atoms with E-state index in [1.54, 1.807) is 60.7 Å². The van der Waals surface area contributed by atoms with Crippen LogP contribution in [0.15, 0.2) is 148 Å². The minimum Gasteiger partial charge on any atom is -0.465 e. The van der Waals surface area contributed by atoms with Gasteiger partial charge in [0.15, 0.2) is 0 Å². The number of methoxy groups -OCH3 is 1.